The maximum absolute atomic E-state index is 12.9. The highest BCUT2D eigenvalue weighted by atomic mass is 16.6. The van der Waals surface area contributed by atoms with Crippen LogP contribution in [0.2, 0.25) is 0 Å². The number of esters is 2. The van der Waals surface area contributed by atoms with Crippen molar-refractivity contribution in [2.45, 2.75) is 297 Å². The summed E-state index contributed by atoms with van der Waals surface area (Å²) in [6.07, 6.45) is 80.4. The van der Waals surface area contributed by atoms with E-state index in [0.29, 0.717) is 19.4 Å². The Morgan fingerprint density at radius 3 is 1.03 bits per heavy atom. The van der Waals surface area contributed by atoms with E-state index < -0.39 is 6.10 Å². The van der Waals surface area contributed by atoms with Crippen LogP contribution in [0.3, 0.4) is 0 Å². The van der Waals surface area contributed by atoms with Crippen LogP contribution in [0.1, 0.15) is 290 Å². The van der Waals surface area contributed by atoms with Gasteiger partial charge in [-0.25, -0.2) is 0 Å². The second kappa shape index (κ2) is 60.4. The lowest BCUT2D eigenvalue weighted by Crippen LogP contribution is -2.30. The van der Waals surface area contributed by atoms with Gasteiger partial charge in [0, 0.05) is 19.4 Å². The van der Waals surface area contributed by atoms with Gasteiger partial charge in [0.1, 0.15) is 6.61 Å². The molecule has 404 valence electrons. The van der Waals surface area contributed by atoms with E-state index in [1.807, 2.05) is 0 Å². The maximum Gasteiger partial charge on any atom is 0.306 e. The smallest absolute Gasteiger partial charge is 0.306 e. The van der Waals surface area contributed by atoms with Gasteiger partial charge in [-0.15, -0.1) is 0 Å². The van der Waals surface area contributed by atoms with Crippen LogP contribution in [0.5, 0.6) is 0 Å². The Morgan fingerprint density at radius 2 is 0.643 bits per heavy atom. The zero-order chi connectivity index (χ0) is 50.6. The molecule has 0 aromatic rings. The summed E-state index contributed by atoms with van der Waals surface area (Å²) in [6.45, 7) is 7.60. The molecule has 0 bridgehead atoms. The van der Waals surface area contributed by atoms with E-state index in [-0.39, 0.29) is 25.2 Å². The van der Waals surface area contributed by atoms with E-state index in [9.17, 15) is 9.59 Å². The number of hydrogen-bond acceptors (Lipinski definition) is 5. The van der Waals surface area contributed by atoms with Gasteiger partial charge >= 0.3 is 11.9 Å². The number of rotatable bonds is 55. The SMILES string of the molecule is CC/C=C\C/C=C\C/C=C\C/C=C\CCCCCCC(=O)OC(COCCCCCCCCCC/C=C\C/C=C\C/C=C\CC)COC(=O)CCCCCCCCCCCCCCCCCCCCC. The van der Waals surface area contributed by atoms with Crippen LogP contribution in [-0.4, -0.2) is 37.9 Å². The molecule has 70 heavy (non-hydrogen) atoms. The fourth-order valence-corrected chi connectivity index (χ4v) is 8.52. The normalized spacial score (nSPS) is 12.8. The van der Waals surface area contributed by atoms with Gasteiger partial charge in [0.05, 0.1) is 6.61 Å². The van der Waals surface area contributed by atoms with Gasteiger partial charge in [-0.3, -0.25) is 9.59 Å². The number of allylic oxidation sites excluding steroid dienone is 14. The first-order valence-corrected chi connectivity index (χ1v) is 30.1. The number of carbonyl (C=O) groups excluding carboxylic acids is 2. The molecule has 1 atom stereocenters. The van der Waals surface area contributed by atoms with Crippen LogP contribution < -0.4 is 0 Å². The second-order valence-corrected chi connectivity index (χ2v) is 19.8. The first-order chi connectivity index (χ1) is 34.6. The van der Waals surface area contributed by atoms with Gasteiger partial charge in [0.25, 0.3) is 0 Å². The maximum atomic E-state index is 12.9. The second-order valence-electron chi connectivity index (χ2n) is 19.8. The molecular formula is C65H114O5. The van der Waals surface area contributed by atoms with E-state index in [2.05, 4.69) is 106 Å². The molecule has 0 fully saturated rings. The molecule has 1 unspecified atom stereocenters. The molecule has 0 radical (unpaired) electrons. The topological polar surface area (TPSA) is 61.8 Å². The summed E-state index contributed by atoms with van der Waals surface area (Å²) in [5.74, 6) is -0.418. The van der Waals surface area contributed by atoms with Crippen molar-refractivity contribution in [1.29, 1.82) is 0 Å². The summed E-state index contributed by atoms with van der Waals surface area (Å²) in [7, 11) is 0. The molecule has 0 aromatic carbocycles. The molecule has 0 rings (SSSR count). The number of unbranched alkanes of at least 4 members (excludes halogenated alkanes) is 30. The lowest BCUT2D eigenvalue weighted by atomic mass is 10.0. The molecule has 0 N–H and O–H groups in total. The highest BCUT2D eigenvalue weighted by Gasteiger charge is 2.17. The van der Waals surface area contributed by atoms with E-state index in [4.69, 9.17) is 14.2 Å². The molecule has 5 nitrogen and oxygen atoms in total. The number of carbonyl (C=O) groups is 2. The quantitative estimate of drug-likeness (QED) is 0.0345. The van der Waals surface area contributed by atoms with Crippen LogP contribution in [0.15, 0.2) is 85.1 Å². The molecular weight excluding hydrogens is 861 g/mol. The first-order valence-electron chi connectivity index (χ1n) is 30.1. The van der Waals surface area contributed by atoms with Gasteiger partial charge < -0.3 is 14.2 Å². The molecule has 0 aliphatic carbocycles. The lowest BCUT2D eigenvalue weighted by Gasteiger charge is -2.18. The Morgan fingerprint density at radius 1 is 0.329 bits per heavy atom. The Balaban J connectivity index is 4.31. The van der Waals surface area contributed by atoms with Gasteiger partial charge in [-0.05, 0) is 89.9 Å². The third-order valence-corrected chi connectivity index (χ3v) is 12.9. The summed E-state index contributed by atoms with van der Waals surface area (Å²) < 4.78 is 17.5. The molecule has 0 spiro atoms. The monoisotopic (exact) mass is 975 g/mol. The highest BCUT2D eigenvalue weighted by Crippen LogP contribution is 2.16. The summed E-state index contributed by atoms with van der Waals surface area (Å²) >= 11 is 0. The molecule has 0 aliphatic heterocycles. The molecule has 0 aliphatic rings. The van der Waals surface area contributed by atoms with Crippen molar-refractivity contribution >= 4 is 11.9 Å². The van der Waals surface area contributed by atoms with Crippen LogP contribution in [0, 0.1) is 0 Å². The van der Waals surface area contributed by atoms with Gasteiger partial charge in [-0.2, -0.15) is 0 Å². The average Bonchev–Trinajstić information content (AvgIpc) is 3.36. The molecule has 0 amide bonds. The molecule has 0 saturated heterocycles. The summed E-state index contributed by atoms with van der Waals surface area (Å²) in [5, 5.41) is 0. The van der Waals surface area contributed by atoms with Crippen molar-refractivity contribution in [3.05, 3.63) is 85.1 Å². The summed E-state index contributed by atoms with van der Waals surface area (Å²) in [4.78, 5) is 25.6. The van der Waals surface area contributed by atoms with E-state index >= 15 is 0 Å². The predicted molar refractivity (Wildman–Crippen MR) is 307 cm³/mol. The van der Waals surface area contributed by atoms with Gasteiger partial charge in [0.15, 0.2) is 6.10 Å². The van der Waals surface area contributed by atoms with Crippen molar-refractivity contribution in [3.8, 4) is 0 Å². The van der Waals surface area contributed by atoms with Crippen molar-refractivity contribution in [1.82, 2.24) is 0 Å². The van der Waals surface area contributed by atoms with Gasteiger partial charge in [0.2, 0.25) is 0 Å². The first kappa shape index (κ1) is 67.1. The fraction of sp³-hybridized carbons (Fsp3) is 0.754. The van der Waals surface area contributed by atoms with Crippen LogP contribution >= 0.6 is 0 Å². The highest BCUT2D eigenvalue weighted by molar-refractivity contribution is 5.70. The van der Waals surface area contributed by atoms with E-state index in [1.165, 1.54) is 154 Å². The zero-order valence-electron chi connectivity index (χ0n) is 46.5. The summed E-state index contributed by atoms with van der Waals surface area (Å²) in [5.41, 5.74) is 0. The van der Waals surface area contributed by atoms with E-state index in [1.54, 1.807) is 0 Å². The van der Waals surface area contributed by atoms with Crippen molar-refractivity contribution in [3.63, 3.8) is 0 Å². The van der Waals surface area contributed by atoms with E-state index in [0.717, 1.165) is 103 Å². The van der Waals surface area contributed by atoms with Crippen LogP contribution in [-0.2, 0) is 23.8 Å². The van der Waals surface area contributed by atoms with Crippen molar-refractivity contribution < 1.29 is 23.8 Å². The predicted octanol–water partition coefficient (Wildman–Crippen LogP) is 20.8. The minimum Gasteiger partial charge on any atom is -0.462 e. The zero-order valence-corrected chi connectivity index (χ0v) is 46.5. The Labute approximate surface area is 435 Å². The minimum absolute atomic E-state index is 0.0718. The van der Waals surface area contributed by atoms with Crippen LogP contribution in [0.4, 0.5) is 0 Å². The molecule has 0 heterocycles. The van der Waals surface area contributed by atoms with Gasteiger partial charge in [-0.1, -0.05) is 273 Å². The largest absolute Gasteiger partial charge is 0.462 e. The summed E-state index contributed by atoms with van der Waals surface area (Å²) in [6, 6.07) is 0. The molecule has 0 saturated carbocycles. The average molecular weight is 976 g/mol. The number of ether oxygens (including phenoxy) is 3. The Bertz CT molecular complexity index is 1290. The van der Waals surface area contributed by atoms with Crippen molar-refractivity contribution in [2.24, 2.45) is 0 Å². The van der Waals surface area contributed by atoms with Crippen LogP contribution in [0.25, 0.3) is 0 Å². The number of hydrogen-bond donors (Lipinski definition) is 0. The fourth-order valence-electron chi connectivity index (χ4n) is 8.52. The lowest BCUT2D eigenvalue weighted by molar-refractivity contribution is -0.163. The minimum atomic E-state index is -0.556. The Kier molecular flexibility index (Phi) is 57.9. The third kappa shape index (κ3) is 57.7. The molecule has 0 aromatic heterocycles. The Hall–Kier alpha value is -2.92. The standard InChI is InChI=1S/C65H114O5/c1-4-7-10-13-16-19-22-25-28-31-33-35-37-40-43-46-49-52-55-58-64(66)69-62-63(61-68-60-57-54-51-48-45-42-39-36-32-29-26-23-20-17-14-11-8-5-2)70-65(67)59-56-53-50-47-44-41-38-34-30-27-24-21-18-15-12-9-6-3/h8-9,11-12,17-18,20-21,26-27,29-30,38,41,63H,4-7,10,13-16,19,22-25,28,31-37,39-40,42-62H2,1-3H3/b11-8-,12-9-,20-17-,21-18-,29-26-,30-27-,41-38-. The third-order valence-electron chi connectivity index (χ3n) is 12.9. The molecule has 5 heteroatoms. The van der Waals surface area contributed by atoms with Crippen molar-refractivity contribution in [2.75, 3.05) is 19.8 Å².